The van der Waals surface area contributed by atoms with Gasteiger partial charge < -0.3 is 10.0 Å². The molecule has 0 radical (unpaired) electrons. The topological polar surface area (TPSA) is 86.7 Å². The molecule has 0 bridgehead atoms. The van der Waals surface area contributed by atoms with Crippen LogP contribution < -0.4 is 4.72 Å². The normalized spacial score (nSPS) is 24.1. The summed E-state index contributed by atoms with van der Waals surface area (Å²) in [4.78, 5) is 13.3. The molecule has 8 heteroatoms. The molecule has 2 atom stereocenters. The molecular weight excluding hydrogens is 312 g/mol. The molecule has 1 aromatic heterocycles. The van der Waals surface area contributed by atoms with Crippen LogP contribution in [0, 0.1) is 12.8 Å². The molecule has 0 aromatic carbocycles. The van der Waals surface area contributed by atoms with E-state index in [9.17, 15) is 13.2 Å². The van der Waals surface area contributed by atoms with Crippen molar-refractivity contribution in [3.8, 4) is 0 Å². The van der Waals surface area contributed by atoms with Crippen LogP contribution in [0.15, 0.2) is 10.3 Å². The van der Waals surface area contributed by atoms with Crippen molar-refractivity contribution in [2.45, 2.75) is 30.5 Å². The molecule has 1 fully saturated rings. The molecule has 0 spiro atoms. The van der Waals surface area contributed by atoms with Crippen LogP contribution in [0.3, 0.4) is 0 Å². The second kappa shape index (κ2) is 6.04. The third kappa shape index (κ3) is 3.63. The number of carboxylic acids is 1. The highest BCUT2D eigenvalue weighted by Gasteiger charge is 2.30. The van der Waals surface area contributed by atoms with Crippen molar-refractivity contribution < 1.29 is 18.3 Å². The van der Waals surface area contributed by atoms with E-state index in [1.807, 2.05) is 14.0 Å². The smallest absolute Gasteiger partial charge is 0.346 e. The van der Waals surface area contributed by atoms with Gasteiger partial charge in [0.05, 0.1) is 0 Å². The summed E-state index contributed by atoms with van der Waals surface area (Å²) in [5.41, 5.74) is 0.476. The largest absolute Gasteiger partial charge is 0.477 e. The molecule has 0 amide bonds. The van der Waals surface area contributed by atoms with Crippen molar-refractivity contribution in [1.29, 1.82) is 0 Å². The van der Waals surface area contributed by atoms with E-state index in [0.717, 1.165) is 30.8 Å². The molecule has 1 aliphatic heterocycles. The highest BCUT2D eigenvalue weighted by atomic mass is 32.2. The maximum Gasteiger partial charge on any atom is 0.346 e. The highest BCUT2D eigenvalue weighted by molar-refractivity contribution is 7.91. The van der Waals surface area contributed by atoms with Crippen molar-refractivity contribution in [1.82, 2.24) is 9.62 Å². The third-order valence-electron chi connectivity index (χ3n) is 3.77. The van der Waals surface area contributed by atoms with Gasteiger partial charge in [0.25, 0.3) is 0 Å². The van der Waals surface area contributed by atoms with Gasteiger partial charge in [-0.3, -0.25) is 0 Å². The SMILES string of the molecule is Cc1cc(S(=O)(=O)NC2CCN(C)CC2C)sc1C(=O)O. The summed E-state index contributed by atoms with van der Waals surface area (Å²) in [7, 11) is -1.64. The average Bonchev–Trinajstić information content (AvgIpc) is 2.76. The molecule has 0 aliphatic carbocycles. The number of aryl methyl sites for hydroxylation is 1. The van der Waals surface area contributed by atoms with Crippen LogP contribution in [0.4, 0.5) is 0 Å². The van der Waals surface area contributed by atoms with Crippen molar-refractivity contribution in [3.05, 3.63) is 16.5 Å². The predicted molar refractivity (Wildman–Crippen MR) is 81.4 cm³/mol. The number of aromatic carboxylic acids is 1. The van der Waals surface area contributed by atoms with Gasteiger partial charge in [-0.2, -0.15) is 0 Å². The molecule has 2 heterocycles. The van der Waals surface area contributed by atoms with Crippen molar-refractivity contribution in [2.24, 2.45) is 5.92 Å². The Morgan fingerprint density at radius 1 is 1.52 bits per heavy atom. The molecule has 0 saturated carbocycles. The number of carbonyl (C=O) groups is 1. The molecule has 1 aromatic rings. The van der Waals surface area contributed by atoms with E-state index >= 15 is 0 Å². The summed E-state index contributed by atoms with van der Waals surface area (Å²) in [6.07, 6.45) is 0.757. The van der Waals surface area contributed by atoms with Crippen LogP contribution >= 0.6 is 11.3 Å². The lowest BCUT2D eigenvalue weighted by molar-refractivity contribution is 0.0701. The molecule has 1 saturated heterocycles. The number of nitrogens with zero attached hydrogens (tertiary/aromatic N) is 1. The molecular formula is C13H20N2O4S2. The first-order valence-electron chi connectivity index (χ1n) is 6.75. The number of hydrogen-bond donors (Lipinski definition) is 2. The molecule has 21 heavy (non-hydrogen) atoms. The number of likely N-dealkylation sites (tertiary alicyclic amines) is 1. The first-order valence-corrected chi connectivity index (χ1v) is 9.05. The van der Waals surface area contributed by atoms with E-state index in [2.05, 4.69) is 9.62 Å². The summed E-state index contributed by atoms with van der Waals surface area (Å²) < 4.78 is 27.6. The minimum absolute atomic E-state index is 0.0727. The molecule has 1 aliphatic rings. The van der Waals surface area contributed by atoms with Gasteiger partial charge >= 0.3 is 5.97 Å². The zero-order valence-electron chi connectivity index (χ0n) is 12.3. The zero-order chi connectivity index (χ0) is 15.8. The summed E-state index contributed by atoms with van der Waals surface area (Å²) in [5, 5.41) is 9.03. The first-order chi connectivity index (χ1) is 9.70. The van der Waals surface area contributed by atoms with Crippen LogP contribution in [0.1, 0.15) is 28.6 Å². The van der Waals surface area contributed by atoms with E-state index in [0.29, 0.717) is 5.56 Å². The lowest BCUT2D eigenvalue weighted by atomic mass is 9.95. The van der Waals surface area contributed by atoms with Crippen molar-refractivity contribution in [3.63, 3.8) is 0 Å². The maximum atomic E-state index is 12.4. The Morgan fingerprint density at radius 2 is 2.19 bits per heavy atom. The Bertz CT molecular complexity index is 639. The molecule has 2 N–H and O–H groups in total. The Kier molecular flexibility index (Phi) is 4.72. The van der Waals surface area contributed by atoms with Gasteiger partial charge in [-0.25, -0.2) is 17.9 Å². The van der Waals surface area contributed by atoms with Gasteiger partial charge in [0.1, 0.15) is 9.09 Å². The molecule has 2 unspecified atom stereocenters. The zero-order valence-corrected chi connectivity index (χ0v) is 13.9. The molecule has 2 rings (SSSR count). The fourth-order valence-corrected chi connectivity index (χ4v) is 5.36. The van der Waals surface area contributed by atoms with Crippen LogP contribution in [-0.2, 0) is 10.0 Å². The van der Waals surface area contributed by atoms with Gasteiger partial charge in [0, 0.05) is 12.6 Å². The van der Waals surface area contributed by atoms with Crippen LogP contribution in [0.25, 0.3) is 0 Å². The quantitative estimate of drug-likeness (QED) is 0.870. The highest BCUT2D eigenvalue weighted by Crippen LogP contribution is 2.27. The number of rotatable bonds is 4. The van der Waals surface area contributed by atoms with Crippen molar-refractivity contribution >= 4 is 27.3 Å². The van der Waals surface area contributed by atoms with Gasteiger partial charge in [-0.15, -0.1) is 11.3 Å². The van der Waals surface area contributed by atoms with Gasteiger partial charge in [0.2, 0.25) is 10.0 Å². The molecule has 6 nitrogen and oxygen atoms in total. The minimum atomic E-state index is -3.66. The summed E-state index contributed by atoms with van der Waals surface area (Å²) in [6.45, 7) is 5.32. The predicted octanol–water partition coefficient (Wildman–Crippen LogP) is 1.37. The monoisotopic (exact) mass is 332 g/mol. The van der Waals surface area contributed by atoms with E-state index in [1.54, 1.807) is 6.92 Å². The lowest BCUT2D eigenvalue weighted by Crippen LogP contribution is -2.48. The van der Waals surface area contributed by atoms with Crippen LogP contribution in [0.2, 0.25) is 0 Å². The number of piperidine rings is 1. The van der Waals surface area contributed by atoms with Gasteiger partial charge in [0.15, 0.2) is 0 Å². The second-order valence-electron chi connectivity index (χ2n) is 5.64. The third-order valence-corrected chi connectivity index (χ3v) is 6.96. The summed E-state index contributed by atoms with van der Waals surface area (Å²) in [5.74, 6) is -0.870. The van der Waals surface area contributed by atoms with E-state index in [-0.39, 0.29) is 21.0 Å². The maximum absolute atomic E-state index is 12.4. The fourth-order valence-electron chi connectivity index (χ4n) is 2.58. The summed E-state index contributed by atoms with van der Waals surface area (Å²) >= 11 is 0.804. The fraction of sp³-hybridized carbons (Fsp3) is 0.615. The van der Waals surface area contributed by atoms with Gasteiger partial charge in [-0.05, 0) is 44.5 Å². The van der Waals surface area contributed by atoms with E-state index in [1.165, 1.54) is 6.07 Å². The first kappa shape index (κ1) is 16.4. The summed E-state index contributed by atoms with van der Waals surface area (Å²) in [6, 6.07) is 1.32. The van der Waals surface area contributed by atoms with Crippen molar-refractivity contribution in [2.75, 3.05) is 20.1 Å². The molecule has 118 valence electrons. The number of thiophene rings is 1. The van der Waals surface area contributed by atoms with Crippen LogP contribution in [-0.4, -0.2) is 50.6 Å². The Hall–Kier alpha value is -0.960. The van der Waals surface area contributed by atoms with Crippen LogP contribution in [0.5, 0.6) is 0 Å². The van der Waals surface area contributed by atoms with E-state index < -0.39 is 16.0 Å². The standard InChI is InChI=1S/C13H20N2O4S2/c1-8-6-11(20-12(8)13(16)17)21(18,19)14-10-4-5-15(3)7-9(10)2/h6,9-10,14H,4-5,7H2,1-3H3,(H,16,17). The number of nitrogens with one attached hydrogen (secondary N) is 1. The Balaban J connectivity index is 2.19. The number of hydrogen-bond acceptors (Lipinski definition) is 5. The van der Waals surface area contributed by atoms with Gasteiger partial charge in [-0.1, -0.05) is 6.92 Å². The number of carboxylic acid groups (broad SMARTS) is 1. The Labute approximate surface area is 128 Å². The minimum Gasteiger partial charge on any atom is -0.477 e. The number of sulfonamides is 1. The Morgan fingerprint density at radius 3 is 2.71 bits per heavy atom. The second-order valence-corrected chi connectivity index (χ2v) is 8.63. The average molecular weight is 332 g/mol. The lowest BCUT2D eigenvalue weighted by Gasteiger charge is -2.34. The van der Waals surface area contributed by atoms with E-state index in [4.69, 9.17) is 5.11 Å².